The van der Waals surface area contributed by atoms with Crippen LogP contribution in [0.5, 0.6) is 5.75 Å². The van der Waals surface area contributed by atoms with Gasteiger partial charge in [0.25, 0.3) is 0 Å². The van der Waals surface area contributed by atoms with Crippen LogP contribution in [0.4, 0.5) is 4.39 Å². The summed E-state index contributed by atoms with van der Waals surface area (Å²) in [5.41, 5.74) is 3.08. The van der Waals surface area contributed by atoms with E-state index in [9.17, 15) is 4.39 Å². The Hall–Kier alpha value is -1.35. The maximum Gasteiger partial charge on any atom is 0.119 e. The van der Waals surface area contributed by atoms with E-state index < -0.39 is 0 Å². The first-order valence-corrected chi connectivity index (χ1v) is 5.81. The number of hydrogen-bond donors (Lipinski definition) is 0. The summed E-state index contributed by atoms with van der Waals surface area (Å²) in [7, 11) is 5.39. The third-order valence-electron chi connectivity index (χ3n) is 3.07. The molecule has 0 fully saturated rings. The highest BCUT2D eigenvalue weighted by molar-refractivity contribution is 5.75. The smallest absolute Gasteiger partial charge is 0.119 e. The first-order chi connectivity index (χ1) is 8.11. The van der Waals surface area contributed by atoms with Gasteiger partial charge in [0, 0.05) is 6.54 Å². The van der Waals surface area contributed by atoms with Gasteiger partial charge < -0.3 is 9.64 Å². The van der Waals surface area contributed by atoms with Crippen molar-refractivity contribution < 1.29 is 9.13 Å². The number of methoxy groups -OCH3 is 1. The number of ether oxygens (including phenoxy) is 1. The molecule has 0 aliphatic heterocycles. The number of halogens is 1. The largest absolute Gasteiger partial charge is 0.497 e. The van der Waals surface area contributed by atoms with Crippen molar-refractivity contribution >= 4 is 5.57 Å². The van der Waals surface area contributed by atoms with Gasteiger partial charge in [0.2, 0.25) is 0 Å². The predicted octanol–water partition coefficient (Wildman–Crippen LogP) is 2.88. The van der Waals surface area contributed by atoms with Gasteiger partial charge in [-0.3, -0.25) is 0 Å². The average molecular weight is 235 g/mol. The van der Waals surface area contributed by atoms with Gasteiger partial charge in [0.15, 0.2) is 0 Å². The molecule has 0 N–H and O–H groups in total. The monoisotopic (exact) mass is 235 g/mol. The number of benzene rings is 1. The Morgan fingerprint density at radius 2 is 2.12 bits per heavy atom. The molecule has 17 heavy (non-hydrogen) atoms. The van der Waals surface area contributed by atoms with Gasteiger partial charge in [0.1, 0.15) is 11.6 Å². The molecule has 92 valence electrons. The normalized spacial score (nSPS) is 17.2. The van der Waals surface area contributed by atoms with Crippen molar-refractivity contribution in [3.63, 3.8) is 0 Å². The molecule has 1 aromatic carbocycles. The molecule has 0 aromatic heterocycles. The van der Waals surface area contributed by atoms with Crippen LogP contribution < -0.4 is 4.74 Å². The minimum absolute atomic E-state index is 0.0259. The van der Waals surface area contributed by atoms with Crippen LogP contribution in [-0.2, 0) is 6.42 Å². The van der Waals surface area contributed by atoms with E-state index in [1.807, 2.05) is 37.2 Å². The zero-order valence-electron chi connectivity index (χ0n) is 10.6. The molecular weight excluding hydrogens is 217 g/mol. The lowest BCUT2D eigenvalue weighted by Crippen LogP contribution is -2.14. The van der Waals surface area contributed by atoms with Crippen LogP contribution in [-0.4, -0.2) is 32.6 Å². The number of aryl methyl sites for hydroxylation is 1. The Bertz CT molecular complexity index is 452. The molecule has 0 heterocycles. The lowest BCUT2D eigenvalue weighted by molar-refractivity contribution is 0.401. The molecule has 2 nitrogen and oxygen atoms in total. The summed E-state index contributed by atoms with van der Waals surface area (Å²) in [5, 5.41) is 0. The van der Waals surface area contributed by atoms with E-state index in [0.29, 0.717) is 6.54 Å². The van der Waals surface area contributed by atoms with Crippen molar-refractivity contribution in [2.24, 2.45) is 0 Å². The lowest BCUT2D eigenvalue weighted by Gasteiger charge is -2.10. The van der Waals surface area contributed by atoms with Crippen molar-refractivity contribution in [3.8, 4) is 5.75 Å². The van der Waals surface area contributed by atoms with Gasteiger partial charge in [0.05, 0.1) is 7.11 Å². The zero-order valence-corrected chi connectivity index (χ0v) is 10.6. The molecule has 2 rings (SSSR count). The molecule has 0 radical (unpaired) electrons. The summed E-state index contributed by atoms with van der Waals surface area (Å²) < 4.78 is 19.3. The van der Waals surface area contributed by atoms with E-state index >= 15 is 0 Å². The van der Waals surface area contributed by atoms with E-state index in [0.717, 1.165) is 29.7 Å². The van der Waals surface area contributed by atoms with Crippen LogP contribution in [0.15, 0.2) is 24.0 Å². The molecule has 0 bridgehead atoms. The predicted molar refractivity (Wildman–Crippen MR) is 67.9 cm³/mol. The molecular formula is C14H18FNO. The lowest BCUT2D eigenvalue weighted by atomic mass is 10.1. The Morgan fingerprint density at radius 3 is 2.76 bits per heavy atom. The number of rotatable bonds is 3. The number of hydrogen-bond acceptors (Lipinski definition) is 2. The summed E-state index contributed by atoms with van der Waals surface area (Å²) in [4.78, 5) is 1.85. The van der Waals surface area contributed by atoms with Crippen molar-refractivity contribution in [3.05, 3.63) is 35.2 Å². The van der Waals surface area contributed by atoms with Crippen LogP contribution in [0.3, 0.4) is 0 Å². The van der Waals surface area contributed by atoms with Gasteiger partial charge in [-0.2, -0.15) is 0 Å². The van der Waals surface area contributed by atoms with Crippen LogP contribution in [0, 0.1) is 0 Å². The van der Waals surface area contributed by atoms with E-state index in [2.05, 4.69) is 0 Å². The fraction of sp³-hybridized carbons (Fsp3) is 0.429. The van der Waals surface area contributed by atoms with Crippen molar-refractivity contribution in [1.29, 1.82) is 0 Å². The standard InChI is InChI=1S/C14H18FNO/c1-16(2)9-14(15)12-7-5-10-4-6-11(17-3)8-13(10)12/h4,6,8H,5,7,9H2,1-3H3/b14-12-. The van der Waals surface area contributed by atoms with Crippen molar-refractivity contribution in [2.75, 3.05) is 27.7 Å². The van der Waals surface area contributed by atoms with Crippen LogP contribution in [0.1, 0.15) is 17.5 Å². The van der Waals surface area contributed by atoms with Crippen molar-refractivity contribution in [1.82, 2.24) is 4.90 Å². The Morgan fingerprint density at radius 1 is 1.35 bits per heavy atom. The van der Waals surface area contributed by atoms with Gasteiger partial charge in [-0.25, -0.2) is 4.39 Å². The van der Waals surface area contributed by atoms with Crippen LogP contribution >= 0.6 is 0 Å². The maximum atomic E-state index is 14.1. The summed E-state index contributed by atoms with van der Waals surface area (Å²) in [6.07, 6.45) is 1.72. The fourth-order valence-electron chi connectivity index (χ4n) is 2.23. The minimum atomic E-state index is -0.0259. The Kier molecular flexibility index (Phi) is 3.48. The molecule has 0 saturated heterocycles. The summed E-state index contributed by atoms with van der Waals surface area (Å²) in [6, 6.07) is 5.91. The highest BCUT2D eigenvalue weighted by atomic mass is 19.1. The molecule has 1 aliphatic rings. The van der Waals surface area contributed by atoms with Gasteiger partial charge >= 0.3 is 0 Å². The second kappa shape index (κ2) is 4.88. The maximum absolute atomic E-state index is 14.1. The summed E-state index contributed by atoms with van der Waals surface area (Å²) in [6.45, 7) is 0.367. The van der Waals surface area contributed by atoms with Gasteiger partial charge in [-0.15, -0.1) is 0 Å². The number of nitrogens with zero attached hydrogens (tertiary/aromatic N) is 1. The molecule has 1 aliphatic carbocycles. The third kappa shape index (κ3) is 2.50. The van der Waals surface area contributed by atoms with E-state index in [-0.39, 0.29) is 5.83 Å². The molecule has 0 saturated carbocycles. The molecule has 0 spiro atoms. The van der Waals surface area contributed by atoms with Crippen LogP contribution in [0.25, 0.3) is 5.57 Å². The topological polar surface area (TPSA) is 12.5 Å². The third-order valence-corrected chi connectivity index (χ3v) is 3.07. The fourth-order valence-corrected chi connectivity index (χ4v) is 2.23. The average Bonchev–Trinajstić information content (AvgIpc) is 2.70. The van der Waals surface area contributed by atoms with Gasteiger partial charge in [-0.1, -0.05) is 6.07 Å². The minimum Gasteiger partial charge on any atom is -0.497 e. The second-order valence-electron chi connectivity index (χ2n) is 4.64. The second-order valence-corrected chi connectivity index (χ2v) is 4.64. The summed E-state index contributed by atoms with van der Waals surface area (Å²) in [5.74, 6) is 0.766. The molecule has 3 heteroatoms. The molecule has 0 amide bonds. The first kappa shape index (κ1) is 12.1. The number of allylic oxidation sites excluding steroid dienone is 1. The van der Waals surface area contributed by atoms with E-state index in [4.69, 9.17) is 4.74 Å². The van der Waals surface area contributed by atoms with Gasteiger partial charge in [-0.05, 0) is 55.8 Å². The first-order valence-electron chi connectivity index (χ1n) is 5.81. The Labute approximate surface area is 102 Å². The zero-order chi connectivity index (χ0) is 12.4. The SMILES string of the molecule is COc1ccc2c(c1)/C(=C(\F)CN(C)C)CC2. The molecule has 0 atom stereocenters. The number of fused-ring (bicyclic) bond motifs is 1. The Balaban J connectivity index is 2.38. The highest BCUT2D eigenvalue weighted by Gasteiger charge is 2.20. The van der Waals surface area contributed by atoms with Crippen LogP contribution in [0.2, 0.25) is 0 Å². The van der Waals surface area contributed by atoms with Crippen molar-refractivity contribution in [2.45, 2.75) is 12.8 Å². The van der Waals surface area contributed by atoms with E-state index in [1.165, 1.54) is 5.56 Å². The summed E-state index contributed by atoms with van der Waals surface area (Å²) >= 11 is 0. The molecule has 0 unspecified atom stereocenters. The highest BCUT2D eigenvalue weighted by Crippen LogP contribution is 2.37. The number of likely N-dealkylation sites (N-methyl/N-ethyl adjacent to an activating group) is 1. The van der Waals surface area contributed by atoms with E-state index in [1.54, 1.807) is 7.11 Å². The molecule has 1 aromatic rings. The quantitative estimate of drug-likeness (QED) is 0.798.